The summed E-state index contributed by atoms with van der Waals surface area (Å²) in [6.45, 7) is 5.27. The van der Waals surface area contributed by atoms with Crippen LogP contribution in [0.25, 0.3) is 11.1 Å². The summed E-state index contributed by atoms with van der Waals surface area (Å²) in [6.07, 6.45) is 0. The minimum Gasteiger partial charge on any atom is -0.316 e. The molecule has 1 N–H and O–H groups in total. The van der Waals surface area contributed by atoms with E-state index in [1.807, 2.05) is 18.4 Å². The molecule has 0 aliphatic heterocycles. The van der Waals surface area contributed by atoms with Crippen molar-refractivity contribution in [1.82, 2.24) is 5.32 Å². The molecule has 1 heterocycles. The van der Waals surface area contributed by atoms with Gasteiger partial charge < -0.3 is 5.32 Å². The van der Waals surface area contributed by atoms with Crippen molar-refractivity contribution in [3.05, 3.63) is 45.6 Å². The molecule has 0 aliphatic rings. The lowest BCUT2D eigenvalue weighted by atomic mass is 10.0. The van der Waals surface area contributed by atoms with Gasteiger partial charge in [-0.2, -0.15) is 0 Å². The lowest BCUT2D eigenvalue weighted by Crippen LogP contribution is -2.05. The summed E-state index contributed by atoms with van der Waals surface area (Å²) in [4.78, 5) is 1.37. The van der Waals surface area contributed by atoms with E-state index in [0.29, 0.717) is 0 Å². The minimum atomic E-state index is 0.934. The van der Waals surface area contributed by atoms with Crippen molar-refractivity contribution in [2.24, 2.45) is 0 Å². The van der Waals surface area contributed by atoms with E-state index in [1.54, 1.807) is 0 Å². The van der Waals surface area contributed by atoms with Crippen molar-refractivity contribution in [2.75, 3.05) is 7.05 Å². The maximum Gasteiger partial charge on any atom is 0.0202 e. The molecule has 2 heteroatoms. The van der Waals surface area contributed by atoms with Gasteiger partial charge in [0.2, 0.25) is 0 Å². The van der Waals surface area contributed by atoms with E-state index in [4.69, 9.17) is 0 Å². The quantitative estimate of drug-likeness (QED) is 0.848. The van der Waals surface area contributed by atoms with Gasteiger partial charge in [0.1, 0.15) is 0 Å². The molecule has 1 aromatic carbocycles. The van der Waals surface area contributed by atoms with Crippen LogP contribution < -0.4 is 5.32 Å². The Morgan fingerprint density at radius 2 is 2.00 bits per heavy atom. The molecule has 84 valence electrons. The molecular weight excluding hydrogens is 214 g/mol. The highest BCUT2D eigenvalue weighted by Crippen LogP contribution is 2.28. The maximum absolute atomic E-state index is 3.18. The Labute approximate surface area is 101 Å². The Kier molecular flexibility index (Phi) is 3.42. The molecular formula is C14H17NS. The number of benzene rings is 1. The molecule has 0 spiro atoms. The van der Waals surface area contributed by atoms with Crippen molar-refractivity contribution in [1.29, 1.82) is 0 Å². The molecule has 0 amide bonds. The molecule has 1 nitrogen and oxygen atoms in total. The second-order valence-electron chi connectivity index (χ2n) is 4.13. The van der Waals surface area contributed by atoms with Crippen LogP contribution in [0.4, 0.5) is 0 Å². The van der Waals surface area contributed by atoms with Gasteiger partial charge in [0.15, 0.2) is 0 Å². The number of rotatable bonds is 3. The average molecular weight is 231 g/mol. The van der Waals surface area contributed by atoms with E-state index < -0.39 is 0 Å². The smallest absolute Gasteiger partial charge is 0.0202 e. The number of thiophene rings is 1. The van der Waals surface area contributed by atoms with Crippen LogP contribution in [-0.2, 0) is 6.54 Å². The second-order valence-corrected chi connectivity index (χ2v) is 5.24. The Morgan fingerprint density at radius 3 is 2.56 bits per heavy atom. The summed E-state index contributed by atoms with van der Waals surface area (Å²) < 4.78 is 0. The first-order chi connectivity index (χ1) is 7.70. The summed E-state index contributed by atoms with van der Waals surface area (Å²) in [5.74, 6) is 0. The third-order valence-electron chi connectivity index (χ3n) is 2.71. The molecule has 0 saturated carbocycles. The van der Waals surface area contributed by atoms with Gasteiger partial charge in [-0.25, -0.2) is 0 Å². The van der Waals surface area contributed by atoms with Crippen LogP contribution >= 0.6 is 11.3 Å². The predicted molar refractivity (Wildman–Crippen MR) is 72.0 cm³/mol. The van der Waals surface area contributed by atoms with Gasteiger partial charge in [0, 0.05) is 11.4 Å². The summed E-state index contributed by atoms with van der Waals surface area (Å²) in [5.41, 5.74) is 5.39. The number of hydrogen-bond acceptors (Lipinski definition) is 2. The zero-order valence-corrected chi connectivity index (χ0v) is 10.8. The molecule has 0 saturated heterocycles. The van der Waals surface area contributed by atoms with Crippen LogP contribution in [0.3, 0.4) is 0 Å². The van der Waals surface area contributed by atoms with Crippen LogP contribution in [-0.4, -0.2) is 7.05 Å². The van der Waals surface area contributed by atoms with Crippen LogP contribution in [0.2, 0.25) is 0 Å². The van der Waals surface area contributed by atoms with E-state index in [0.717, 1.165) is 6.54 Å². The van der Waals surface area contributed by atoms with Crippen molar-refractivity contribution >= 4 is 11.3 Å². The molecule has 0 atom stereocenters. The van der Waals surface area contributed by atoms with Crippen molar-refractivity contribution in [3.63, 3.8) is 0 Å². The topological polar surface area (TPSA) is 12.0 Å². The normalized spacial score (nSPS) is 10.7. The van der Waals surface area contributed by atoms with Gasteiger partial charge in [-0.15, -0.1) is 11.3 Å². The number of hydrogen-bond donors (Lipinski definition) is 1. The highest BCUT2D eigenvalue weighted by atomic mass is 32.1. The van der Waals surface area contributed by atoms with E-state index >= 15 is 0 Å². The fourth-order valence-corrected chi connectivity index (χ4v) is 2.65. The summed E-state index contributed by atoms with van der Waals surface area (Å²) in [7, 11) is 1.98. The number of nitrogens with one attached hydrogen (secondary N) is 1. The van der Waals surface area contributed by atoms with Crippen LogP contribution in [0, 0.1) is 13.8 Å². The zero-order chi connectivity index (χ0) is 11.5. The van der Waals surface area contributed by atoms with Crippen LogP contribution in [0.1, 0.15) is 16.0 Å². The highest BCUT2D eigenvalue weighted by Gasteiger charge is 2.04. The third kappa shape index (κ3) is 2.34. The van der Waals surface area contributed by atoms with Gasteiger partial charge in [0.25, 0.3) is 0 Å². The van der Waals surface area contributed by atoms with E-state index in [1.165, 1.54) is 27.1 Å². The molecule has 0 unspecified atom stereocenters. The SMILES string of the molecule is CNCc1ccc(-c2csc(C)c2)c(C)c1. The zero-order valence-electron chi connectivity index (χ0n) is 10.0. The van der Waals surface area contributed by atoms with Gasteiger partial charge in [-0.05, 0) is 54.6 Å². The van der Waals surface area contributed by atoms with Gasteiger partial charge >= 0.3 is 0 Å². The Bertz CT molecular complexity index is 485. The standard InChI is InChI=1S/C14H17NS/c1-10-6-12(8-15-3)4-5-14(10)13-7-11(2)16-9-13/h4-7,9,15H,8H2,1-3H3. The molecule has 2 aromatic rings. The second kappa shape index (κ2) is 4.81. The molecule has 0 bridgehead atoms. The molecule has 1 aromatic heterocycles. The Morgan fingerprint density at radius 1 is 1.19 bits per heavy atom. The van der Waals surface area contributed by atoms with Crippen molar-refractivity contribution < 1.29 is 0 Å². The summed E-state index contributed by atoms with van der Waals surface area (Å²) >= 11 is 1.81. The number of aryl methyl sites for hydroxylation is 2. The van der Waals surface area contributed by atoms with E-state index in [9.17, 15) is 0 Å². The van der Waals surface area contributed by atoms with E-state index in [-0.39, 0.29) is 0 Å². The lowest BCUT2D eigenvalue weighted by molar-refractivity contribution is 0.817. The largest absolute Gasteiger partial charge is 0.316 e. The van der Waals surface area contributed by atoms with Gasteiger partial charge in [-0.3, -0.25) is 0 Å². The summed E-state index contributed by atoms with van der Waals surface area (Å²) in [6, 6.07) is 8.94. The van der Waals surface area contributed by atoms with Gasteiger partial charge in [0.05, 0.1) is 0 Å². The fourth-order valence-electron chi connectivity index (χ4n) is 1.95. The fraction of sp³-hybridized carbons (Fsp3) is 0.286. The first kappa shape index (κ1) is 11.4. The molecule has 0 aliphatic carbocycles. The molecule has 0 fully saturated rings. The minimum absolute atomic E-state index is 0.934. The first-order valence-corrected chi connectivity index (χ1v) is 6.38. The average Bonchev–Trinajstić information content (AvgIpc) is 2.65. The van der Waals surface area contributed by atoms with Crippen molar-refractivity contribution in [2.45, 2.75) is 20.4 Å². The lowest BCUT2D eigenvalue weighted by Gasteiger charge is -2.07. The predicted octanol–water partition coefficient (Wildman–Crippen LogP) is 3.75. The maximum atomic E-state index is 3.18. The molecule has 0 radical (unpaired) electrons. The first-order valence-electron chi connectivity index (χ1n) is 5.50. The molecule has 2 rings (SSSR count). The van der Waals surface area contributed by atoms with Gasteiger partial charge in [-0.1, -0.05) is 18.2 Å². The highest BCUT2D eigenvalue weighted by molar-refractivity contribution is 7.10. The summed E-state index contributed by atoms with van der Waals surface area (Å²) in [5, 5.41) is 5.41. The van der Waals surface area contributed by atoms with Crippen molar-refractivity contribution in [3.8, 4) is 11.1 Å². The molecule has 16 heavy (non-hydrogen) atoms. The van der Waals surface area contributed by atoms with Crippen LogP contribution in [0.15, 0.2) is 29.6 Å². The van der Waals surface area contributed by atoms with Crippen LogP contribution in [0.5, 0.6) is 0 Å². The third-order valence-corrected chi connectivity index (χ3v) is 3.57. The monoisotopic (exact) mass is 231 g/mol. The van der Waals surface area contributed by atoms with E-state index in [2.05, 4.69) is 48.8 Å². The Balaban J connectivity index is 2.36. The Hall–Kier alpha value is -1.12.